The Morgan fingerprint density at radius 2 is 0.780 bits per heavy atom. The molecular formula is C50H98N2O7. The van der Waals surface area contributed by atoms with Gasteiger partial charge < -0.3 is 29.2 Å². The molecule has 0 heterocycles. The summed E-state index contributed by atoms with van der Waals surface area (Å²) in [4.78, 5) is 39.3. The normalized spacial score (nSPS) is 11.4. The summed E-state index contributed by atoms with van der Waals surface area (Å²) in [5.74, 6) is -0.296. The number of nitrogens with one attached hydrogen (secondary N) is 1. The molecule has 9 heteroatoms. The van der Waals surface area contributed by atoms with Gasteiger partial charge in [0.1, 0.15) is 6.10 Å². The second kappa shape index (κ2) is 47.2. The van der Waals surface area contributed by atoms with Crippen LogP contribution >= 0.6 is 0 Å². The summed E-state index contributed by atoms with van der Waals surface area (Å²) in [6, 6.07) is 0. The number of hydrogen-bond donors (Lipinski definition) is 1. The molecule has 0 aromatic rings. The Morgan fingerprint density at radius 3 is 1.12 bits per heavy atom. The van der Waals surface area contributed by atoms with Gasteiger partial charge in [0.15, 0.2) is 0 Å². The summed E-state index contributed by atoms with van der Waals surface area (Å²) in [6.07, 6.45) is 41.4. The molecule has 0 aliphatic carbocycles. The van der Waals surface area contributed by atoms with E-state index < -0.39 is 6.09 Å². The zero-order valence-electron chi connectivity index (χ0n) is 39.6. The van der Waals surface area contributed by atoms with Crippen LogP contribution in [0, 0.1) is 0 Å². The molecule has 0 saturated heterocycles. The molecular weight excluding hydrogens is 741 g/mol. The van der Waals surface area contributed by atoms with Crippen molar-refractivity contribution in [1.29, 1.82) is 0 Å². The highest BCUT2D eigenvalue weighted by atomic mass is 16.6. The molecule has 0 spiro atoms. The first kappa shape index (κ1) is 57.1. The number of likely N-dealkylation sites (N-methyl/N-ethyl adjacent to an activating group) is 1. The third-order valence-electron chi connectivity index (χ3n) is 11.3. The number of unbranched alkanes of at least 4 members (excludes halogenated alkanes) is 28. The van der Waals surface area contributed by atoms with E-state index in [0.29, 0.717) is 71.5 Å². The van der Waals surface area contributed by atoms with E-state index >= 15 is 0 Å². The molecule has 0 aromatic heterocycles. The molecule has 59 heavy (non-hydrogen) atoms. The SMILES string of the molecule is CCCCCCCCCCCCCCCCCC(=O)OCCCC(CCCOC(=O)CCCCCCCCCCCCCCCCC)OC(=O)NCCOCCN(C)C. The van der Waals surface area contributed by atoms with Crippen LogP contribution in [0.15, 0.2) is 0 Å². The standard InChI is InChI=1S/C50H98N2O7/c1-5-7-9-11-13-15-17-19-21-23-25-27-29-31-33-39-48(53)57-43-35-37-47(59-50(55)51-41-45-56-46-42-52(3)4)38-36-44-58-49(54)40-34-32-30-28-26-24-22-20-18-16-14-12-10-8-6-2/h47H,5-46H2,1-4H3,(H,51,55). The Balaban J connectivity index is 4.12. The molecule has 0 radical (unpaired) electrons. The van der Waals surface area contributed by atoms with Crippen molar-refractivity contribution < 1.29 is 33.3 Å². The Kier molecular flexibility index (Phi) is 45.7. The van der Waals surface area contributed by atoms with E-state index in [4.69, 9.17) is 18.9 Å². The van der Waals surface area contributed by atoms with Crippen molar-refractivity contribution >= 4 is 18.0 Å². The molecule has 9 nitrogen and oxygen atoms in total. The number of nitrogens with zero attached hydrogens (tertiary/aromatic N) is 1. The average molecular weight is 839 g/mol. The number of carbonyl (C=O) groups is 3. The third-order valence-corrected chi connectivity index (χ3v) is 11.3. The molecule has 0 aliphatic heterocycles. The largest absolute Gasteiger partial charge is 0.466 e. The summed E-state index contributed by atoms with van der Waals surface area (Å²) < 4.78 is 22.3. The molecule has 0 rings (SSSR count). The van der Waals surface area contributed by atoms with E-state index in [1.165, 1.54) is 167 Å². The molecule has 350 valence electrons. The minimum absolute atomic E-state index is 0.148. The quantitative estimate of drug-likeness (QED) is 0.0367. The maximum Gasteiger partial charge on any atom is 0.407 e. The van der Waals surface area contributed by atoms with Gasteiger partial charge >= 0.3 is 18.0 Å². The summed E-state index contributed by atoms with van der Waals surface area (Å²) in [5, 5.41) is 2.77. The number of ether oxygens (including phenoxy) is 4. The lowest BCUT2D eigenvalue weighted by Crippen LogP contribution is -2.32. The monoisotopic (exact) mass is 839 g/mol. The lowest BCUT2D eigenvalue weighted by atomic mass is 10.0. The van der Waals surface area contributed by atoms with Crippen molar-refractivity contribution in [1.82, 2.24) is 10.2 Å². The fourth-order valence-corrected chi connectivity index (χ4v) is 7.45. The predicted molar refractivity (Wildman–Crippen MR) is 247 cm³/mol. The number of alkyl carbamates (subject to hydrolysis) is 1. The molecule has 0 atom stereocenters. The smallest absolute Gasteiger partial charge is 0.407 e. The Hall–Kier alpha value is -1.87. The van der Waals surface area contributed by atoms with Crippen LogP contribution in [0.25, 0.3) is 0 Å². The Labute approximate surface area is 365 Å². The van der Waals surface area contributed by atoms with E-state index in [1.54, 1.807) is 0 Å². The van der Waals surface area contributed by atoms with Crippen molar-refractivity contribution in [2.75, 3.05) is 53.6 Å². The highest BCUT2D eigenvalue weighted by Crippen LogP contribution is 2.16. The van der Waals surface area contributed by atoms with Crippen LogP contribution in [-0.2, 0) is 28.5 Å². The van der Waals surface area contributed by atoms with Crippen LogP contribution in [0.2, 0.25) is 0 Å². The number of esters is 2. The average Bonchev–Trinajstić information content (AvgIpc) is 3.22. The van der Waals surface area contributed by atoms with Crippen LogP contribution in [0.4, 0.5) is 4.79 Å². The first-order chi connectivity index (χ1) is 28.9. The molecule has 0 unspecified atom stereocenters. The molecule has 1 amide bonds. The Bertz CT molecular complexity index is 848. The fraction of sp³-hybridized carbons (Fsp3) is 0.940. The molecule has 1 N–H and O–H groups in total. The van der Waals surface area contributed by atoms with Crippen LogP contribution in [-0.4, -0.2) is 82.6 Å². The van der Waals surface area contributed by atoms with Gasteiger partial charge in [-0.25, -0.2) is 4.79 Å². The van der Waals surface area contributed by atoms with Gasteiger partial charge in [0.25, 0.3) is 0 Å². The van der Waals surface area contributed by atoms with Gasteiger partial charge in [-0.1, -0.05) is 194 Å². The van der Waals surface area contributed by atoms with Crippen LogP contribution < -0.4 is 5.32 Å². The van der Waals surface area contributed by atoms with Gasteiger partial charge in [-0.2, -0.15) is 0 Å². The molecule has 0 aromatic carbocycles. The second-order valence-corrected chi connectivity index (χ2v) is 17.5. The van der Waals surface area contributed by atoms with Crippen molar-refractivity contribution in [3.05, 3.63) is 0 Å². The molecule has 0 bridgehead atoms. The zero-order valence-corrected chi connectivity index (χ0v) is 39.6. The van der Waals surface area contributed by atoms with E-state index in [-0.39, 0.29) is 18.0 Å². The first-order valence-electron chi connectivity index (χ1n) is 25.4. The molecule has 0 aliphatic rings. The van der Waals surface area contributed by atoms with Crippen molar-refractivity contribution in [3.8, 4) is 0 Å². The highest BCUT2D eigenvalue weighted by molar-refractivity contribution is 5.69. The fourth-order valence-electron chi connectivity index (χ4n) is 7.45. The summed E-state index contributed by atoms with van der Waals surface area (Å²) in [5.41, 5.74) is 0. The van der Waals surface area contributed by atoms with E-state index in [2.05, 4.69) is 19.2 Å². The van der Waals surface area contributed by atoms with Gasteiger partial charge in [0.05, 0.1) is 26.4 Å². The number of amides is 1. The first-order valence-corrected chi connectivity index (χ1v) is 25.4. The van der Waals surface area contributed by atoms with Crippen molar-refractivity contribution in [2.24, 2.45) is 0 Å². The van der Waals surface area contributed by atoms with E-state index in [9.17, 15) is 14.4 Å². The van der Waals surface area contributed by atoms with Gasteiger partial charge in [-0.15, -0.1) is 0 Å². The zero-order chi connectivity index (χ0) is 43.1. The Morgan fingerprint density at radius 1 is 0.441 bits per heavy atom. The maximum atomic E-state index is 12.5. The van der Waals surface area contributed by atoms with Gasteiger partial charge in [0, 0.05) is 25.9 Å². The summed E-state index contributed by atoms with van der Waals surface area (Å²) >= 11 is 0. The predicted octanol–water partition coefficient (Wildman–Crippen LogP) is 13.8. The van der Waals surface area contributed by atoms with Gasteiger partial charge in [-0.05, 0) is 52.6 Å². The minimum Gasteiger partial charge on any atom is -0.466 e. The second-order valence-electron chi connectivity index (χ2n) is 17.5. The summed E-state index contributed by atoms with van der Waals surface area (Å²) in [6.45, 7) is 7.37. The number of rotatable bonds is 47. The highest BCUT2D eigenvalue weighted by Gasteiger charge is 2.16. The maximum absolute atomic E-state index is 12.5. The lowest BCUT2D eigenvalue weighted by molar-refractivity contribution is -0.144. The topological polar surface area (TPSA) is 103 Å². The van der Waals surface area contributed by atoms with Crippen LogP contribution in [0.5, 0.6) is 0 Å². The van der Waals surface area contributed by atoms with Crippen molar-refractivity contribution in [2.45, 2.75) is 251 Å². The van der Waals surface area contributed by atoms with Crippen LogP contribution in [0.3, 0.4) is 0 Å². The summed E-state index contributed by atoms with van der Waals surface area (Å²) in [7, 11) is 3.98. The van der Waals surface area contributed by atoms with Gasteiger partial charge in [0.2, 0.25) is 0 Å². The number of carbonyl (C=O) groups excluding carboxylic acids is 3. The molecule has 0 saturated carbocycles. The van der Waals surface area contributed by atoms with Crippen LogP contribution in [0.1, 0.15) is 245 Å². The number of hydrogen-bond acceptors (Lipinski definition) is 8. The third kappa shape index (κ3) is 47.0. The van der Waals surface area contributed by atoms with E-state index in [0.717, 1.165) is 32.2 Å². The van der Waals surface area contributed by atoms with Gasteiger partial charge in [-0.3, -0.25) is 9.59 Å². The minimum atomic E-state index is -0.485. The van der Waals surface area contributed by atoms with Crippen molar-refractivity contribution in [3.63, 3.8) is 0 Å². The molecule has 0 fully saturated rings. The van der Waals surface area contributed by atoms with E-state index in [1.807, 2.05) is 19.0 Å². The lowest BCUT2D eigenvalue weighted by Gasteiger charge is -2.18.